The molecular weight excluding hydrogens is 300 g/mol. The first-order valence-electron chi connectivity index (χ1n) is 8.22. The first kappa shape index (κ1) is 14.7. The van der Waals surface area contributed by atoms with Crippen LogP contribution in [0.5, 0.6) is 0 Å². The molecule has 1 N–H and O–H groups in total. The third kappa shape index (κ3) is 2.83. The minimum Gasteiger partial charge on any atom is -0.355 e. The van der Waals surface area contributed by atoms with E-state index in [0.29, 0.717) is 11.5 Å². The Balaban J connectivity index is 1.53. The van der Waals surface area contributed by atoms with Crippen LogP contribution >= 0.6 is 0 Å². The fourth-order valence-corrected chi connectivity index (χ4v) is 3.26. The summed E-state index contributed by atoms with van der Waals surface area (Å²) in [7, 11) is 0. The summed E-state index contributed by atoms with van der Waals surface area (Å²) >= 11 is 0. The van der Waals surface area contributed by atoms with Gasteiger partial charge in [0.25, 0.3) is 5.91 Å². The van der Waals surface area contributed by atoms with Crippen LogP contribution in [0.25, 0.3) is 11.3 Å². The lowest BCUT2D eigenvalue weighted by molar-refractivity contribution is 0.0923. The maximum absolute atomic E-state index is 12.5. The number of nitrogens with zero attached hydrogens (tertiary/aromatic N) is 1. The second kappa shape index (κ2) is 6.32. The van der Waals surface area contributed by atoms with Gasteiger partial charge in [-0.2, -0.15) is 0 Å². The van der Waals surface area contributed by atoms with Crippen molar-refractivity contribution in [1.82, 2.24) is 10.5 Å². The average molecular weight is 318 g/mol. The summed E-state index contributed by atoms with van der Waals surface area (Å²) < 4.78 is 5.32. The molecule has 1 unspecified atom stereocenters. The number of hydrogen-bond donors (Lipinski definition) is 1. The van der Waals surface area contributed by atoms with Gasteiger partial charge in [-0.15, -0.1) is 0 Å². The molecule has 1 aliphatic rings. The van der Waals surface area contributed by atoms with Gasteiger partial charge in [-0.1, -0.05) is 59.8 Å². The molecule has 1 amide bonds. The highest BCUT2D eigenvalue weighted by atomic mass is 16.5. The Hall–Kier alpha value is -2.88. The Kier molecular flexibility index (Phi) is 3.87. The van der Waals surface area contributed by atoms with Gasteiger partial charge in [0.1, 0.15) is 0 Å². The zero-order valence-electron chi connectivity index (χ0n) is 13.2. The Bertz CT molecular complexity index is 855. The maximum Gasteiger partial charge on any atom is 0.273 e. The molecule has 4 heteroatoms. The van der Waals surface area contributed by atoms with Crippen LogP contribution in [0.3, 0.4) is 0 Å². The quantitative estimate of drug-likeness (QED) is 0.789. The number of carbonyl (C=O) groups is 1. The second-order valence-electron chi connectivity index (χ2n) is 6.06. The number of benzene rings is 2. The highest BCUT2D eigenvalue weighted by Gasteiger charge is 2.23. The molecule has 3 aromatic rings. The van der Waals surface area contributed by atoms with Crippen molar-refractivity contribution in [3.8, 4) is 11.3 Å². The summed E-state index contributed by atoms with van der Waals surface area (Å²) in [5.74, 6) is 0.410. The van der Waals surface area contributed by atoms with Crippen LogP contribution in [0, 0.1) is 0 Å². The van der Waals surface area contributed by atoms with Gasteiger partial charge in [-0.25, -0.2) is 0 Å². The number of nitrogens with one attached hydrogen (secondary N) is 1. The molecule has 0 radical (unpaired) electrons. The van der Waals surface area contributed by atoms with Gasteiger partial charge in [0.05, 0.1) is 6.04 Å². The molecule has 24 heavy (non-hydrogen) atoms. The summed E-state index contributed by atoms with van der Waals surface area (Å²) in [6.45, 7) is 0. The number of hydrogen-bond acceptors (Lipinski definition) is 3. The predicted molar refractivity (Wildman–Crippen MR) is 91.5 cm³/mol. The molecule has 2 aromatic carbocycles. The Labute approximate surface area is 140 Å². The molecule has 4 rings (SSSR count). The van der Waals surface area contributed by atoms with Crippen molar-refractivity contribution in [2.45, 2.75) is 25.3 Å². The fourth-order valence-electron chi connectivity index (χ4n) is 3.26. The first-order valence-corrected chi connectivity index (χ1v) is 8.22. The number of fused-ring (bicyclic) bond motifs is 1. The van der Waals surface area contributed by atoms with Crippen molar-refractivity contribution >= 4 is 5.91 Å². The normalized spacial score (nSPS) is 16.4. The van der Waals surface area contributed by atoms with Crippen LogP contribution in [-0.4, -0.2) is 11.1 Å². The Morgan fingerprint density at radius 3 is 2.75 bits per heavy atom. The van der Waals surface area contributed by atoms with Gasteiger partial charge in [0, 0.05) is 11.6 Å². The van der Waals surface area contributed by atoms with Gasteiger partial charge < -0.3 is 9.84 Å². The van der Waals surface area contributed by atoms with Crippen molar-refractivity contribution in [2.75, 3.05) is 0 Å². The van der Waals surface area contributed by atoms with E-state index in [0.717, 1.165) is 24.8 Å². The van der Waals surface area contributed by atoms with E-state index in [4.69, 9.17) is 4.52 Å². The van der Waals surface area contributed by atoms with Gasteiger partial charge in [0.15, 0.2) is 11.5 Å². The monoisotopic (exact) mass is 318 g/mol. The molecule has 0 saturated carbocycles. The van der Waals surface area contributed by atoms with E-state index in [9.17, 15) is 4.79 Å². The average Bonchev–Trinajstić information content (AvgIpc) is 3.13. The van der Waals surface area contributed by atoms with Crippen molar-refractivity contribution in [1.29, 1.82) is 0 Å². The lowest BCUT2D eigenvalue weighted by atomic mass is 9.87. The minimum absolute atomic E-state index is 0.0410. The molecule has 1 heterocycles. The van der Waals surface area contributed by atoms with Crippen LogP contribution in [-0.2, 0) is 6.42 Å². The van der Waals surface area contributed by atoms with Gasteiger partial charge in [-0.05, 0) is 30.4 Å². The second-order valence-corrected chi connectivity index (χ2v) is 6.06. The highest BCUT2D eigenvalue weighted by molar-refractivity contribution is 5.93. The number of aromatic nitrogens is 1. The third-order valence-electron chi connectivity index (χ3n) is 4.48. The molecule has 1 atom stereocenters. The van der Waals surface area contributed by atoms with Crippen molar-refractivity contribution in [3.05, 3.63) is 77.5 Å². The fraction of sp³-hybridized carbons (Fsp3) is 0.200. The van der Waals surface area contributed by atoms with Crippen LogP contribution in [0.4, 0.5) is 0 Å². The molecule has 0 saturated heterocycles. The molecule has 1 aromatic heterocycles. The molecule has 0 bridgehead atoms. The van der Waals surface area contributed by atoms with E-state index in [1.165, 1.54) is 11.1 Å². The van der Waals surface area contributed by atoms with Gasteiger partial charge in [0.2, 0.25) is 0 Å². The smallest absolute Gasteiger partial charge is 0.273 e. The van der Waals surface area contributed by atoms with Gasteiger partial charge in [-0.3, -0.25) is 4.79 Å². The van der Waals surface area contributed by atoms with Crippen molar-refractivity contribution in [3.63, 3.8) is 0 Å². The lowest BCUT2D eigenvalue weighted by Gasteiger charge is -2.25. The van der Waals surface area contributed by atoms with E-state index >= 15 is 0 Å². The van der Waals surface area contributed by atoms with Gasteiger partial charge >= 0.3 is 0 Å². The summed E-state index contributed by atoms with van der Waals surface area (Å²) in [6.07, 6.45) is 3.10. The van der Waals surface area contributed by atoms with Crippen molar-refractivity contribution < 1.29 is 9.32 Å². The first-order chi connectivity index (χ1) is 11.8. The van der Waals surface area contributed by atoms with Crippen LogP contribution < -0.4 is 5.32 Å². The SMILES string of the molecule is O=C(NC1CCCc2ccccc21)c1cc(-c2ccccc2)on1. The summed E-state index contributed by atoms with van der Waals surface area (Å²) in [4.78, 5) is 12.5. The number of amides is 1. The summed E-state index contributed by atoms with van der Waals surface area (Å²) in [5.41, 5.74) is 3.76. The molecule has 1 aliphatic carbocycles. The summed E-state index contributed by atoms with van der Waals surface area (Å²) in [5, 5.41) is 7.02. The van der Waals surface area contributed by atoms with E-state index in [1.807, 2.05) is 42.5 Å². The van der Waals surface area contributed by atoms with Crippen molar-refractivity contribution in [2.24, 2.45) is 0 Å². The van der Waals surface area contributed by atoms with Crippen LogP contribution in [0.2, 0.25) is 0 Å². The van der Waals surface area contributed by atoms with Crippen LogP contribution in [0.1, 0.15) is 40.5 Å². The zero-order valence-corrected chi connectivity index (χ0v) is 13.2. The molecule has 4 nitrogen and oxygen atoms in total. The number of aryl methyl sites for hydroxylation is 1. The van der Waals surface area contributed by atoms with E-state index in [-0.39, 0.29) is 11.9 Å². The Morgan fingerprint density at radius 2 is 1.88 bits per heavy atom. The zero-order chi connectivity index (χ0) is 16.4. The minimum atomic E-state index is -0.192. The molecule has 0 spiro atoms. The van der Waals surface area contributed by atoms with Crippen LogP contribution in [0.15, 0.2) is 65.2 Å². The number of carbonyl (C=O) groups excluding carboxylic acids is 1. The Morgan fingerprint density at radius 1 is 1.08 bits per heavy atom. The predicted octanol–water partition coefficient (Wildman–Crippen LogP) is 4.15. The van der Waals surface area contributed by atoms with E-state index < -0.39 is 0 Å². The molecular formula is C20H18N2O2. The van der Waals surface area contributed by atoms with E-state index in [2.05, 4.69) is 22.6 Å². The number of rotatable bonds is 3. The molecule has 0 aliphatic heterocycles. The van der Waals surface area contributed by atoms with E-state index in [1.54, 1.807) is 6.07 Å². The molecule has 0 fully saturated rings. The topological polar surface area (TPSA) is 55.1 Å². The largest absolute Gasteiger partial charge is 0.355 e. The highest BCUT2D eigenvalue weighted by Crippen LogP contribution is 2.29. The summed E-state index contributed by atoms with van der Waals surface area (Å²) in [6, 6.07) is 19.7. The lowest BCUT2D eigenvalue weighted by Crippen LogP contribution is -2.31. The molecule has 120 valence electrons. The standard InChI is InChI=1S/C20H18N2O2/c23-20(18-13-19(24-22-18)15-8-2-1-3-9-15)21-17-12-6-10-14-7-4-5-11-16(14)17/h1-5,7-9,11,13,17H,6,10,12H2,(H,21,23). The maximum atomic E-state index is 12.5. The third-order valence-corrected chi connectivity index (χ3v) is 4.48.